The maximum atomic E-state index is 12.0. The zero-order valence-corrected chi connectivity index (χ0v) is 21.3. The second kappa shape index (κ2) is 13.2. The van der Waals surface area contributed by atoms with Crippen molar-refractivity contribution in [1.29, 1.82) is 0 Å². The molecule has 0 atom stereocenters. The summed E-state index contributed by atoms with van der Waals surface area (Å²) in [6.45, 7) is 10.3. The third kappa shape index (κ3) is 8.03. The molecule has 0 aliphatic rings. The summed E-state index contributed by atoms with van der Waals surface area (Å²) in [6.07, 6.45) is 2.34. The first-order chi connectivity index (χ1) is 14.3. The Hall–Kier alpha value is -2.31. The first kappa shape index (κ1) is 26.7. The van der Waals surface area contributed by atoms with Crippen LogP contribution in [-0.4, -0.2) is 3.90 Å². The largest absolute Gasteiger partial charge is 0.461 e. The number of rotatable bonds is 2. The van der Waals surface area contributed by atoms with E-state index in [4.69, 9.17) is 4.42 Å². The van der Waals surface area contributed by atoms with E-state index in [2.05, 4.69) is 45.0 Å². The minimum Gasteiger partial charge on any atom is -0.461 e. The Labute approximate surface area is 197 Å². The monoisotopic (exact) mass is 585 g/mol. The van der Waals surface area contributed by atoms with Crippen LogP contribution in [0.5, 0.6) is 0 Å². The average molecular weight is 585 g/mol. The van der Waals surface area contributed by atoms with Crippen LogP contribution in [0.25, 0.3) is 21.7 Å². The van der Waals surface area contributed by atoms with E-state index in [1.807, 2.05) is 43.3 Å². The molecule has 0 fully saturated rings. The Morgan fingerprint density at radius 1 is 1.03 bits per heavy atom. The molecule has 0 aliphatic heterocycles. The van der Waals surface area contributed by atoms with E-state index < -0.39 is 0 Å². The zero-order chi connectivity index (χ0) is 22.1. The summed E-state index contributed by atoms with van der Waals surface area (Å²) in [7, 11) is 0. The van der Waals surface area contributed by atoms with Gasteiger partial charge in [-0.3, -0.25) is 4.79 Å². The molecule has 0 saturated heterocycles. The number of aryl methyl sites for hydroxylation is 2. The molecule has 0 radical (unpaired) electrons. The predicted octanol–water partition coefficient (Wildman–Crippen LogP) is 7.38. The SMILES string of the molecule is C.CCC.C[C](=[W])Cc1[c-]cccc1.Cc1ccc2c(ccc3oc(C)cc(=O)c32)c1. The molecule has 2 nitrogen and oxygen atoms in total. The molecule has 31 heavy (non-hydrogen) atoms. The molecule has 4 aromatic rings. The van der Waals surface area contributed by atoms with Gasteiger partial charge in [0.1, 0.15) is 11.3 Å². The molecule has 3 heteroatoms. The van der Waals surface area contributed by atoms with Crippen molar-refractivity contribution in [1.82, 2.24) is 0 Å². The van der Waals surface area contributed by atoms with Gasteiger partial charge in [0, 0.05) is 6.07 Å². The van der Waals surface area contributed by atoms with Crippen LogP contribution in [0.2, 0.25) is 0 Å². The summed E-state index contributed by atoms with van der Waals surface area (Å²) in [4.78, 5) is 12.0. The van der Waals surface area contributed by atoms with Crippen LogP contribution in [0.4, 0.5) is 0 Å². The molecule has 164 valence electrons. The van der Waals surface area contributed by atoms with Crippen LogP contribution in [0.3, 0.4) is 0 Å². The fraction of sp³-hybridized carbons (Fsp3) is 0.286. The van der Waals surface area contributed by atoms with E-state index in [0.717, 1.165) is 17.2 Å². The summed E-state index contributed by atoms with van der Waals surface area (Å²) in [6, 6.07) is 22.8. The molecule has 0 saturated carbocycles. The first-order valence-electron chi connectivity index (χ1n) is 10.2. The molecular weight excluding hydrogens is 552 g/mol. The van der Waals surface area contributed by atoms with E-state index in [0.29, 0.717) is 16.7 Å². The molecular formula is C28H33O2W-. The van der Waals surface area contributed by atoms with Gasteiger partial charge >= 0.3 is 72.5 Å². The minimum atomic E-state index is 0. The van der Waals surface area contributed by atoms with Crippen LogP contribution in [0.1, 0.15) is 51.5 Å². The quantitative estimate of drug-likeness (QED) is 0.182. The molecule has 1 heterocycles. The summed E-state index contributed by atoms with van der Waals surface area (Å²) < 4.78 is 7.10. The van der Waals surface area contributed by atoms with Gasteiger partial charge in [-0.2, -0.15) is 0 Å². The van der Waals surface area contributed by atoms with Crippen molar-refractivity contribution in [2.24, 2.45) is 0 Å². The van der Waals surface area contributed by atoms with Crippen molar-refractivity contribution in [2.75, 3.05) is 0 Å². The van der Waals surface area contributed by atoms with Crippen LogP contribution < -0.4 is 5.43 Å². The normalized spacial score (nSPS) is 9.71. The maximum Gasteiger partial charge on any atom is 0.193 e. The van der Waals surface area contributed by atoms with Gasteiger partial charge < -0.3 is 4.42 Å². The molecule has 0 bridgehead atoms. The Kier molecular flexibility index (Phi) is 11.4. The van der Waals surface area contributed by atoms with Gasteiger partial charge in [0.15, 0.2) is 5.43 Å². The molecule has 0 amide bonds. The van der Waals surface area contributed by atoms with E-state index >= 15 is 0 Å². The van der Waals surface area contributed by atoms with Crippen molar-refractivity contribution in [3.8, 4) is 0 Å². The van der Waals surface area contributed by atoms with Gasteiger partial charge in [0.2, 0.25) is 0 Å². The van der Waals surface area contributed by atoms with Gasteiger partial charge in [-0.25, -0.2) is 0 Å². The van der Waals surface area contributed by atoms with Gasteiger partial charge in [-0.05, 0) is 30.7 Å². The number of hydrogen-bond acceptors (Lipinski definition) is 2. The maximum absolute atomic E-state index is 12.0. The second-order valence-corrected chi connectivity index (χ2v) is 9.86. The third-order valence-electron chi connectivity index (χ3n) is 4.20. The molecule has 1 aromatic heterocycles. The van der Waals surface area contributed by atoms with Crippen molar-refractivity contribution in [3.63, 3.8) is 0 Å². The molecule has 0 aliphatic carbocycles. The van der Waals surface area contributed by atoms with Crippen LogP contribution >= 0.6 is 0 Å². The predicted molar refractivity (Wildman–Crippen MR) is 132 cm³/mol. The van der Waals surface area contributed by atoms with E-state index in [-0.39, 0.29) is 12.9 Å². The number of benzene rings is 3. The smallest absolute Gasteiger partial charge is 0.193 e. The molecule has 3 aromatic carbocycles. The second-order valence-electron chi connectivity index (χ2n) is 7.36. The van der Waals surface area contributed by atoms with Crippen LogP contribution in [0.15, 0.2) is 69.9 Å². The van der Waals surface area contributed by atoms with Crippen LogP contribution in [-0.2, 0) is 25.8 Å². The van der Waals surface area contributed by atoms with Crippen molar-refractivity contribution in [3.05, 3.63) is 93.8 Å². The summed E-state index contributed by atoms with van der Waals surface area (Å²) in [5, 5.41) is 2.71. The molecule has 4 rings (SSSR count). The minimum absolute atomic E-state index is 0. The number of fused-ring (bicyclic) bond motifs is 3. The molecule has 0 spiro atoms. The van der Waals surface area contributed by atoms with E-state index in [1.54, 1.807) is 32.3 Å². The first-order valence-corrected chi connectivity index (χ1v) is 11.7. The fourth-order valence-electron chi connectivity index (χ4n) is 3.04. The Morgan fingerprint density at radius 2 is 1.74 bits per heavy atom. The number of hydrogen-bond donors (Lipinski definition) is 0. The third-order valence-corrected chi connectivity index (χ3v) is 4.72. The van der Waals surface area contributed by atoms with E-state index in [9.17, 15) is 4.79 Å². The molecule has 0 unspecified atom stereocenters. The van der Waals surface area contributed by atoms with Gasteiger partial charge in [0.25, 0.3) is 0 Å². The zero-order valence-electron chi connectivity index (χ0n) is 18.4. The van der Waals surface area contributed by atoms with Crippen molar-refractivity contribution >= 4 is 25.6 Å². The van der Waals surface area contributed by atoms with Crippen molar-refractivity contribution < 1.29 is 23.8 Å². The average Bonchev–Trinajstić information content (AvgIpc) is 2.69. The Bertz CT molecular complexity index is 1170. The summed E-state index contributed by atoms with van der Waals surface area (Å²) in [5.41, 5.74) is 3.17. The standard InChI is InChI=1S/C15H12O2.C9H9.C3H8.CH4.W/c1-9-3-5-12-11(7-9)4-6-14-15(12)13(16)8-10(2)17-14;1-2-6-9-7-4-3-5-8-9;1-3-2;;/h3-8H,1-2H3;3-5,7H,6H2,1H3;3H2,1-2H3;1H4;/q;-1;;;. The summed E-state index contributed by atoms with van der Waals surface area (Å²) in [5.74, 6) is 0.647. The summed E-state index contributed by atoms with van der Waals surface area (Å²) >= 11 is 1.58. The van der Waals surface area contributed by atoms with Crippen molar-refractivity contribution in [2.45, 2.75) is 54.9 Å². The Morgan fingerprint density at radius 3 is 2.35 bits per heavy atom. The Balaban J connectivity index is 0.000000295. The van der Waals surface area contributed by atoms with Crippen LogP contribution in [0, 0.1) is 19.9 Å². The molecule has 0 N–H and O–H groups in total. The van der Waals surface area contributed by atoms with Gasteiger partial charge in [0.05, 0.1) is 5.39 Å². The van der Waals surface area contributed by atoms with E-state index in [1.165, 1.54) is 21.4 Å². The topological polar surface area (TPSA) is 30.2 Å². The fourth-order valence-corrected chi connectivity index (χ4v) is 3.60. The van der Waals surface area contributed by atoms with Gasteiger partial charge in [-0.15, -0.1) is 0 Å². The van der Waals surface area contributed by atoms with Gasteiger partial charge in [-0.1, -0.05) is 57.5 Å².